The highest BCUT2D eigenvalue weighted by atomic mass is 19.3. The number of carbonyl (C=O) groups is 1. The van der Waals surface area contributed by atoms with Crippen molar-refractivity contribution < 1.29 is 22.7 Å². The highest BCUT2D eigenvalue weighted by Crippen LogP contribution is 2.59. The van der Waals surface area contributed by atoms with Crippen LogP contribution in [0, 0.1) is 0 Å². The van der Waals surface area contributed by atoms with Crippen molar-refractivity contribution in [2.45, 2.75) is 63.0 Å². The predicted molar refractivity (Wildman–Crippen MR) is 119 cm³/mol. The lowest BCUT2D eigenvalue weighted by atomic mass is 9.81. The van der Waals surface area contributed by atoms with E-state index in [0.29, 0.717) is 31.0 Å². The van der Waals surface area contributed by atoms with Gasteiger partial charge in [0.1, 0.15) is 11.5 Å². The van der Waals surface area contributed by atoms with E-state index in [4.69, 9.17) is 14.3 Å². The second-order valence-corrected chi connectivity index (χ2v) is 9.70. The number of hydrogen-bond acceptors (Lipinski definition) is 5. The van der Waals surface area contributed by atoms with Gasteiger partial charge in [0.05, 0.1) is 29.5 Å². The summed E-state index contributed by atoms with van der Waals surface area (Å²) in [6, 6.07) is 5.65. The zero-order valence-electron chi connectivity index (χ0n) is 18.9. The molecule has 4 heterocycles. The van der Waals surface area contributed by atoms with Gasteiger partial charge in [0.25, 0.3) is 11.8 Å². The van der Waals surface area contributed by atoms with Crippen LogP contribution in [0.2, 0.25) is 0 Å². The van der Waals surface area contributed by atoms with E-state index in [-0.39, 0.29) is 35.0 Å². The minimum Gasteiger partial charge on any atom is -0.455 e. The van der Waals surface area contributed by atoms with Gasteiger partial charge < -0.3 is 14.5 Å². The number of carbonyl (C=O) groups excluding carboxylic acids is 1. The van der Waals surface area contributed by atoms with Crippen molar-refractivity contribution in [2.24, 2.45) is 0 Å². The molecule has 1 spiro atoms. The summed E-state index contributed by atoms with van der Waals surface area (Å²) in [5, 5.41) is 7.45. The van der Waals surface area contributed by atoms with Gasteiger partial charge in [0.2, 0.25) is 5.76 Å². The van der Waals surface area contributed by atoms with Crippen molar-refractivity contribution in [3.8, 4) is 11.3 Å². The van der Waals surface area contributed by atoms with Crippen LogP contribution >= 0.6 is 0 Å². The number of fused-ring (bicyclic) bond motifs is 4. The molecule has 3 aromatic heterocycles. The SMILES string of the molecule is CC(F)(F)c1c(C(=O)NC[C@@H]2CCCO2)oc2c1-c1nn(Cc3ccccn3)cc1C1(CC1)C2. The zero-order chi connectivity index (χ0) is 23.5. The van der Waals surface area contributed by atoms with Crippen LogP contribution in [-0.2, 0) is 29.0 Å². The van der Waals surface area contributed by atoms with Gasteiger partial charge in [0, 0.05) is 49.9 Å². The first-order chi connectivity index (χ1) is 16.3. The lowest BCUT2D eigenvalue weighted by molar-refractivity contribution is 0.0158. The molecule has 9 heteroatoms. The summed E-state index contributed by atoms with van der Waals surface area (Å²) in [4.78, 5) is 17.3. The lowest BCUT2D eigenvalue weighted by Crippen LogP contribution is -2.32. The quantitative estimate of drug-likeness (QED) is 0.587. The average Bonchev–Trinajstić information content (AvgIpc) is 3.17. The molecule has 1 saturated heterocycles. The molecule has 0 bridgehead atoms. The van der Waals surface area contributed by atoms with Crippen LogP contribution in [-0.4, -0.2) is 39.9 Å². The molecule has 3 aromatic rings. The van der Waals surface area contributed by atoms with Crippen LogP contribution in [0.4, 0.5) is 8.78 Å². The van der Waals surface area contributed by atoms with Gasteiger partial charge >= 0.3 is 0 Å². The molecule has 3 aliphatic rings. The van der Waals surface area contributed by atoms with Crippen molar-refractivity contribution in [1.82, 2.24) is 20.1 Å². The van der Waals surface area contributed by atoms with E-state index >= 15 is 0 Å². The first kappa shape index (κ1) is 21.5. The van der Waals surface area contributed by atoms with E-state index in [1.807, 2.05) is 24.4 Å². The summed E-state index contributed by atoms with van der Waals surface area (Å²) in [5.74, 6) is -3.81. The molecule has 1 aliphatic heterocycles. The van der Waals surface area contributed by atoms with Gasteiger partial charge in [-0.25, -0.2) is 8.78 Å². The molecule has 1 saturated carbocycles. The van der Waals surface area contributed by atoms with Crippen LogP contribution < -0.4 is 5.32 Å². The second kappa shape index (κ2) is 7.73. The number of alkyl halides is 2. The van der Waals surface area contributed by atoms with Gasteiger partial charge in [0.15, 0.2) is 0 Å². The number of nitrogens with zero attached hydrogens (tertiary/aromatic N) is 3. The van der Waals surface area contributed by atoms with E-state index in [1.165, 1.54) is 0 Å². The smallest absolute Gasteiger partial charge is 0.287 e. The second-order valence-electron chi connectivity index (χ2n) is 9.70. The van der Waals surface area contributed by atoms with Crippen LogP contribution in [0.5, 0.6) is 0 Å². The Morgan fingerprint density at radius 1 is 1.35 bits per heavy atom. The van der Waals surface area contributed by atoms with Crippen LogP contribution in [0.1, 0.15) is 65.7 Å². The van der Waals surface area contributed by atoms with E-state index in [0.717, 1.165) is 43.9 Å². The normalized spacial score (nSPS) is 20.3. The Morgan fingerprint density at radius 2 is 2.21 bits per heavy atom. The number of halogens is 2. The molecule has 1 N–H and O–H groups in total. The third kappa shape index (κ3) is 3.62. The minimum atomic E-state index is -3.27. The third-order valence-corrected chi connectivity index (χ3v) is 7.11. The van der Waals surface area contributed by atoms with Crippen molar-refractivity contribution >= 4 is 5.91 Å². The molecule has 0 unspecified atom stereocenters. The van der Waals surface area contributed by atoms with Crippen molar-refractivity contribution in [3.63, 3.8) is 0 Å². The summed E-state index contributed by atoms with van der Waals surface area (Å²) in [6.45, 7) is 2.16. The molecular formula is C25H26F2N4O3. The number of ether oxygens (including phenoxy) is 1. The number of furan rings is 1. The number of nitrogens with one attached hydrogen (secondary N) is 1. The Hall–Kier alpha value is -3.07. The van der Waals surface area contributed by atoms with E-state index in [2.05, 4.69) is 10.3 Å². The molecule has 1 amide bonds. The van der Waals surface area contributed by atoms with Crippen LogP contribution in [0.25, 0.3) is 11.3 Å². The Kier molecular flexibility index (Phi) is 4.88. The van der Waals surface area contributed by atoms with Crippen LogP contribution in [0.15, 0.2) is 35.0 Å². The molecule has 0 aromatic carbocycles. The number of hydrogen-bond donors (Lipinski definition) is 1. The number of pyridine rings is 1. The van der Waals surface area contributed by atoms with Gasteiger partial charge in [-0.3, -0.25) is 14.5 Å². The summed E-state index contributed by atoms with van der Waals surface area (Å²) >= 11 is 0. The monoisotopic (exact) mass is 468 g/mol. The molecule has 1 atom stereocenters. The van der Waals surface area contributed by atoms with Crippen LogP contribution in [0.3, 0.4) is 0 Å². The summed E-state index contributed by atoms with van der Waals surface area (Å²) in [6.07, 6.45) is 7.70. The maximum absolute atomic E-state index is 15.0. The standard InChI is InChI=1S/C25H26F2N4O3/c1-24(26,27)20-19-18(34-22(20)23(32)29-12-16-6-4-10-33-16)11-25(7-8-25)17-14-31(30-21(17)19)13-15-5-2-3-9-28-15/h2-3,5,9,14,16H,4,6-8,10-13H2,1H3,(H,29,32)/t16-/m0/s1. The fraction of sp³-hybridized carbons (Fsp3) is 0.480. The van der Waals surface area contributed by atoms with Gasteiger partial charge in [-0.05, 0) is 37.8 Å². The fourth-order valence-corrected chi connectivity index (χ4v) is 5.26. The Bertz CT molecular complexity index is 1240. The zero-order valence-corrected chi connectivity index (χ0v) is 18.9. The third-order valence-electron chi connectivity index (χ3n) is 7.11. The lowest BCUT2D eigenvalue weighted by Gasteiger charge is -2.21. The molecular weight excluding hydrogens is 442 g/mol. The maximum atomic E-state index is 15.0. The van der Waals surface area contributed by atoms with E-state index in [9.17, 15) is 13.6 Å². The molecule has 2 fully saturated rings. The van der Waals surface area contributed by atoms with Gasteiger partial charge in [-0.1, -0.05) is 6.07 Å². The largest absolute Gasteiger partial charge is 0.455 e. The highest BCUT2D eigenvalue weighted by Gasteiger charge is 2.54. The molecule has 178 valence electrons. The summed E-state index contributed by atoms with van der Waals surface area (Å²) in [5.41, 5.74) is 2.00. The van der Waals surface area contributed by atoms with E-state index < -0.39 is 11.8 Å². The first-order valence-corrected chi connectivity index (χ1v) is 11.8. The number of aromatic nitrogens is 3. The Morgan fingerprint density at radius 3 is 2.88 bits per heavy atom. The molecule has 6 rings (SSSR count). The Labute approximate surface area is 195 Å². The van der Waals surface area contributed by atoms with Gasteiger partial charge in [-0.2, -0.15) is 5.10 Å². The van der Waals surface area contributed by atoms with E-state index in [1.54, 1.807) is 10.9 Å². The van der Waals surface area contributed by atoms with Crippen molar-refractivity contribution in [2.75, 3.05) is 13.2 Å². The fourth-order valence-electron chi connectivity index (χ4n) is 5.26. The first-order valence-electron chi connectivity index (χ1n) is 11.8. The number of amides is 1. The molecule has 34 heavy (non-hydrogen) atoms. The number of rotatable bonds is 6. The summed E-state index contributed by atoms with van der Waals surface area (Å²) in [7, 11) is 0. The topological polar surface area (TPSA) is 82.2 Å². The highest BCUT2D eigenvalue weighted by molar-refractivity contribution is 5.96. The summed E-state index contributed by atoms with van der Waals surface area (Å²) < 4.78 is 43.2. The van der Waals surface area contributed by atoms with Crippen molar-refractivity contribution in [1.29, 1.82) is 0 Å². The predicted octanol–water partition coefficient (Wildman–Crippen LogP) is 4.19. The minimum absolute atomic E-state index is 0.0947. The molecule has 7 nitrogen and oxygen atoms in total. The molecule has 2 aliphatic carbocycles. The molecule has 0 radical (unpaired) electrons. The van der Waals surface area contributed by atoms with Crippen molar-refractivity contribution in [3.05, 3.63) is 58.9 Å². The average molecular weight is 469 g/mol. The maximum Gasteiger partial charge on any atom is 0.287 e. The Balaban J connectivity index is 1.40. The van der Waals surface area contributed by atoms with Gasteiger partial charge in [-0.15, -0.1) is 0 Å².